The lowest BCUT2D eigenvalue weighted by Gasteiger charge is -2.48. The van der Waals surface area contributed by atoms with E-state index in [-0.39, 0.29) is 35.9 Å². The third-order valence-electron chi connectivity index (χ3n) is 6.37. The van der Waals surface area contributed by atoms with Crippen molar-refractivity contribution in [1.29, 1.82) is 0 Å². The zero-order chi connectivity index (χ0) is 25.8. The molecule has 0 radical (unpaired) electrons. The maximum Gasteiger partial charge on any atom is 0.321 e. The molecule has 3 atom stereocenters. The average Bonchev–Trinajstić information content (AvgIpc) is 2.84. The van der Waals surface area contributed by atoms with Crippen molar-refractivity contribution in [2.24, 2.45) is 0 Å². The van der Waals surface area contributed by atoms with Gasteiger partial charge in [0.25, 0.3) is 0 Å². The number of carbonyl (C=O) groups is 2. The topological polar surface area (TPSA) is 83.1 Å². The highest BCUT2D eigenvalue weighted by molar-refractivity contribution is 6.32. The van der Waals surface area contributed by atoms with Gasteiger partial charge in [-0.3, -0.25) is 4.79 Å². The minimum atomic E-state index is -0.320. The van der Waals surface area contributed by atoms with Gasteiger partial charge in [0.1, 0.15) is 11.6 Å². The first-order valence-corrected chi connectivity index (χ1v) is 12.1. The van der Waals surface area contributed by atoms with Crippen LogP contribution in [0.15, 0.2) is 42.5 Å². The third kappa shape index (κ3) is 5.91. The van der Waals surface area contributed by atoms with E-state index in [1.165, 1.54) is 30.2 Å². The zero-order valence-electron chi connectivity index (χ0n) is 20.5. The summed E-state index contributed by atoms with van der Waals surface area (Å²) < 4.78 is 24.3. The summed E-state index contributed by atoms with van der Waals surface area (Å²) in [4.78, 5) is 28.8. The van der Waals surface area contributed by atoms with Crippen LogP contribution in [-0.2, 0) is 9.53 Å². The molecule has 0 spiro atoms. The fourth-order valence-electron chi connectivity index (χ4n) is 4.62. The molecule has 2 bridgehead atoms. The fraction of sp³-hybridized carbons (Fsp3) is 0.385. The number of nitrogens with zero attached hydrogens (tertiary/aromatic N) is 2. The van der Waals surface area contributed by atoms with Crippen LogP contribution in [0.1, 0.15) is 18.4 Å². The van der Waals surface area contributed by atoms with Crippen LogP contribution in [0.4, 0.5) is 20.6 Å². The van der Waals surface area contributed by atoms with Gasteiger partial charge in [0, 0.05) is 37.5 Å². The van der Waals surface area contributed by atoms with E-state index in [1.54, 1.807) is 44.4 Å². The Morgan fingerprint density at radius 3 is 2.44 bits per heavy atom. The van der Waals surface area contributed by atoms with E-state index >= 15 is 0 Å². The molecule has 2 aromatic rings. The van der Waals surface area contributed by atoms with Crippen molar-refractivity contribution < 1.29 is 23.5 Å². The van der Waals surface area contributed by atoms with Crippen LogP contribution in [0, 0.1) is 5.82 Å². The number of hydrogen-bond donors (Lipinski definition) is 2. The molecule has 2 aliphatic rings. The van der Waals surface area contributed by atoms with Gasteiger partial charge in [-0.05, 0) is 55.3 Å². The second kappa shape index (κ2) is 11.2. The molecule has 0 saturated carbocycles. The van der Waals surface area contributed by atoms with Gasteiger partial charge in [0.05, 0.1) is 43.1 Å². The number of urea groups is 1. The predicted molar refractivity (Wildman–Crippen MR) is 138 cm³/mol. The highest BCUT2D eigenvalue weighted by Crippen LogP contribution is 2.33. The molecular formula is C26H30ClFN4O4. The number of nitrogens with one attached hydrogen (secondary N) is 2. The number of methoxy groups -OCH3 is 1. The molecule has 36 heavy (non-hydrogen) atoms. The van der Waals surface area contributed by atoms with E-state index in [1.807, 2.05) is 4.90 Å². The van der Waals surface area contributed by atoms with E-state index in [4.69, 9.17) is 21.1 Å². The van der Waals surface area contributed by atoms with E-state index in [0.717, 1.165) is 5.69 Å². The maximum atomic E-state index is 13.3. The summed E-state index contributed by atoms with van der Waals surface area (Å²) in [6.45, 7) is 0.910. The molecule has 10 heteroatoms. The largest absolute Gasteiger partial charge is 0.495 e. The number of benzene rings is 2. The summed E-state index contributed by atoms with van der Waals surface area (Å²) >= 11 is 6.27. The molecule has 3 amide bonds. The second-order valence-corrected chi connectivity index (χ2v) is 9.55. The van der Waals surface area contributed by atoms with Gasteiger partial charge in [0.2, 0.25) is 5.91 Å². The Morgan fingerprint density at radius 2 is 1.83 bits per heavy atom. The second-order valence-electron chi connectivity index (χ2n) is 9.14. The van der Waals surface area contributed by atoms with E-state index in [2.05, 4.69) is 10.6 Å². The van der Waals surface area contributed by atoms with Crippen molar-refractivity contribution in [3.63, 3.8) is 0 Å². The minimum Gasteiger partial charge on any atom is -0.495 e. The van der Waals surface area contributed by atoms with Crippen molar-refractivity contribution in [3.8, 4) is 5.75 Å². The van der Waals surface area contributed by atoms with Crippen LogP contribution in [0.2, 0.25) is 5.02 Å². The summed E-state index contributed by atoms with van der Waals surface area (Å²) in [5.74, 6) is 0.0256. The highest BCUT2D eigenvalue weighted by Gasteiger charge is 2.41. The Morgan fingerprint density at radius 1 is 1.17 bits per heavy atom. The molecule has 0 aromatic heterocycles. The van der Waals surface area contributed by atoms with Crippen molar-refractivity contribution in [3.05, 3.63) is 58.9 Å². The molecule has 4 rings (SSSR count). The average molecular weight is 517 g/mol. The highest BCUT2D eigenvalue weighted by atomic mass is 35.5. The van der Waals surface area contributed by atoms with Crippen molar-refractivity contribution in [1.82, 2.24) is 9.80 Å². The molecule has 192 valence electrons. The smallest absolute Gasteiger partial charge is 0.321 e. The van der Waals surface area contributed by atoms with E-state index in [9.17, 15) is 14.0 Å². The summed E-state index contributed by atoms with van der Waals surface area (Å²) in [6.07, 6.45) is 4.59. The molecule has 1 unspecified atom stereocenters. The van der Waals surface area contributed by atoms with Gasteiger partial charge in [-0.2, -0.15) is 0 Å². The van der Waals surface area contributed by atoms with Gasteiger partial charge in [-0.25, -0.2) is 9.18 Å². The standard InChI is InChI=1S/C26H30ClFN4O4/c1-31(2)26(34)30-23-13-22(27)24(35-3)10-16(23)4-9-25(33)32-20-11-19(12-21(32)15-36-14-20)29-18-7-5-17(28)6-8-18/h4-10,13,19-21,29H,11-12,14-15H2,1-3H3,(H,30,34)/b9-4+/t19?,20-,21+. The fourth-order valence-corrected chi connectivity index (χ4v) is 4.86. The molecule has 2 aliphatic heterocycles. The molecule has 2 N–H and O–H groups in total. The Balaban J connectivity index is 1.50. The monoisotopic (exact) mass is 516 g/mol. The van der Waals surface area contributed by atoms with Crippen LogP contribution in [0.5, 0.6) is 5.75 Å². The number of morpholine rings is 1. The van der Waals surface area contributed by atoms with Crippen LogP contribution < -0.4 is 15.4 Å². The number of fused-ring (bicyclic) bond motifs is 2. The van der Waals surface area contributed by atoms with E-state index in [0.29, 0.717) is 48.1 Å². The lowest BCUT2D eigenvalue weighted by molar-refractivity contribution is -0.145. The maximum absolute atomic E-state index is 13.3. The number of piperidine rings is 1. The Kier molecular flexibility index (Phi) is 8.01. The van der Waals surface area contributed by atoms with Crippen molar-refractivity contribution in [2.45, 2.75) is 31.0 Å². The number of hydrogen-bond acceptors (Lipinski definition) is 5. The summed E-state index contributed by atoms with van der Waals surface area (Å²) in [5, 5.41) is 6.60. The van der Waals surface area contributed by atoms with Crippen LogP contribution in [-0.4, -0.2) is 74.3 Å². The number of anilines is 2. The third-order valence-corrected chi connectivity index (χ3v) is 6.66. The van der Waals surface area contributed by atoms with Crippen molar-refractivity contribution in [2.75, 3.05) is 45.1 Å². The summed E-state index contributed by atoms with van der Waals surface area (Å²) in [6, 6.07) is 9.23. The predicted octanol–water partition coefficient (Wildman–Crippen LogP) is 4.46. The Hall–Kier alpha value is -3.30. The normalized spacial score (nSPS) is 21.2. The van der Waals surface area contributed by atoms with E-state index < -0.39 is 0 Å². The molecule has 8 nitrogen and oxygen atoms in total. The Bertz CT molecular complexity index is 1130. The summed E-state index contributed by atoms with van der Waals surface area (Å²) in [5.41, 5.74) is 1.91. The van der Waals surface area contributed by atoms with Gasteiger partial charge < -0.3 is 29.9 Å². The van der Waals surface area contributed by atoms with Gasteiger partial charge >= 0.3 is 6.03 Å². The molecule has 2 heterocycles. The first-order chi connectivity index (χ1) is 17.2. The number of rotatable bonds is 6. The molecule has 2 saturated heterocycles. The summed E-state index contributed by atoms with van der Waals surface area (Å²) in [7, 11) is 4.77. The van der Waals surface area contributed by atoms with Crippen LogP contribution in [0.25, 0.3) is 6.08 Å². The molecular weight excluding hydrogens is 487 g/mol. The first-order valence-electron chi connectivity index (χ1n) is 11.7. The van der Waals surface area contributed by atoms with Gasteiger partial charge in [-0.15, -0.1) is 0 Å². The quantitative estimate of drug-likeness (QED) is 0.554. The minimum absolute atomic E-state index is 0.0831. The Labute approximate surface area is 215 Å². The number of carbonyl (C=O) groups excluding carboxylic acids is 2. The zero-order valence-corrected chi connectivity index (χ0v) is 21.2. The lowest BCUT2D eigenvalue weighted by Crippen LogP contribution is -2.60. The number of ether oxygens (including phenoxy) is 2. The van der Waals surface area contributed by atoms with Gasteiger partial charge in [-0.1, -0.05) is 11.6 Å². The number of amides is 3. The van der Waals surface area contributed by atoms with Crippen LogP contribution >= 0.6 is 11.6 Å². The first kappa shape index (κ1) is 25.8. The lowest BCUT2D eigenvalue weighted by atomic mass is 9.89. The molecule has 0 aliphatic carbocycles. The molecule has 2 fully saturated rings. The number of halogens is 2. The SMILES string of the molecule is COc1cc(/C=C/C(=O)N2[C@@H]3COC[C@H]2CC(Nc2ccc(F)cc2)C3)c(NC(=O)N(C)C)cc1Cl. The van der Waals surface area contributed by atoms with Crippen molar-refractivity contribution >= 4 is 41.0 Å². The van der Waals surface area contributed by atoms with Crippen LogP contribution in [0.3, 0.4) is 0 Å². The molecule has 2 aromatic carbocycles. The van der Waals surface area contributed by atoms with Gasteiger partial charge in [0.15, 0.2) is 0 Å².